The average molecular weight is 327 g/mol. The molecule has 6 nitrogen and oxygen atoms in total. The molecule has 1 aliphatic heterocycles. The van der Waals surface area contributed by atoms with Crippen LogP contribution in [0.4, 0.5) is 5.69 Å². The number of piperazine rings is 1. The van der Waals surface area contributed by atoms with Crippen molar-refractivity contribution >= 4 is 28.5 Å². The van der Waals surface area contributed by atoms with Gasteiger partial charge in [-0.15, -0.1) is 0 Å². The van der Waals surface area contributed by atoms with Crippen LogP contribution >= 0.6 is 0 Å². The summed E-state index contributed by atoms with van der Waals surface area (Å²) in [4.78, 5) is 29.1. The zero-order valence-corrected chi connectivity index (χ0v) is 13.7. The lowest BCUT2D eigenvalue weighted by molar-refractivity contribution is -0.117. The van der Waals surface area contributed by atoms with Gasteiger partial charge in [-0.2, -0.15) is 0 Å². The van der Waals surface area contributed by atoms with Crippen molar-refractivity contribution in [3.05, 3.63) is 30.0 Å². The van der Waals surface area contributed by atoms with Crippen LogP contribution in [0, 0.1) is 5.92 Å². The molecule has 0 spiro atoms. The predicted molar refractivity (Wildman–Crippen MR) is 91.0 cm³/mol. The molecule has 0 bridgehead atoms. The summed E-state index contributed by atoms with van der Waals surface area (Å²) in [6.07, 6.45) is 1.84. The number of rotatable bonds is 3. The Kier molecular flexibility index (Phi) is 3.76. The van der Waals surface area contributed by atoms with Crippen LogP contribution in [0.1, 0.15) is 23.4 Å². The molecule has 1 aromatic carbocycles. The lowest BCUT2D eigenvalue weighted by atomic mass is 10.2. The molecule has 4 rings (SSSR count). The number of benzene rings is 1. The molecule has 6 heteroatoms. The number of likely N-dealkylation sites (N-methyl/N-ethyl adjacent to an activating group) is 1. The van der Waals surface area contributed by atoms with Gasteiger partial charge in [-0.1, -0.05) is 12.1 Å². The van der Waals surface area contributed by atoms with E-state index in [-0.39, 0.29) is 23.5 Å². The van der Waals surface area contributed by atoms with Crippen molar-refractivity contribution in [3.8, 4) is 0 Å². The second-order valence-corrected chi connectivity index (χ2v) is 6.66. The fourth-order valence-corrected chi connectivity index (χ4v) is 3.04. The fraction of sp³-hybridized carbons (Fsp3) is 0.444. The number of amides is 2. The van der Waals surface area contributed by atoms with Gasteiger partial charge in [-0.3, -0.25) is 9.59 Å². The highest BCUT2D eigenvalue weighted by Crippen LogP contribution is 2.35. The molecule has 1 saturated heterocycles. The number of hydrogen-bond acceptors (Lipinski definition) is 4. The zero-order chi connectivity index (χ0) is 16.7. The second-order valence-electron chi connectivity index (χ2n) is 6.66. The molecule has 0 radical (unpaired) electrons. The smallest absolute Gasteiger partial charge is 0.291 e. The predicted octanol–water partition coefficient (Wildman–Crippen LogP) is 2.17. The molecule has 2 aliphatic rings. The third-order valence-electron chi connectivity index (χ3n) is 4.78. The van der Waals surface area contributed by atoms with Gasteiger partial charge in [-0.05, 0) is 32.0 Å². The minimum absolute atomic E-state index is 0.0195. The summed E-state index contributed by atoms with van der Waals surface area (Å²) in [5.74, 6) is 0.152. The van der Waals surface area contributed by atoms with Crippen molar-refractivity contribution in [2.75, 3.05) is 38.5 Å². The number of hydrogen-bond donors (Lipinski definition) is 1. The molecule has 2 fully saturated rings. The minimum atomic E-state index is -0.148. The standard InChI is InChI=1S/C18H21N3O3/c1-20-8-10-21(11-9-20)18(23)16-15(19-17(22)12-6-7-12)13-4-2-3-5-14(13)24-16/h2-5,12H,6-11H2,1H3,(H,19,22). The van der Waals surface area contributed by atoms with Crippen LogP contribution in [0.3, 0.4) is 0 Å². The largest absolute Gasteiger partial charge is 0.449 e. The molecule has 24 heavy (non-hydrogen) atoms. The van der Waals surface area contributed by atoms with E-state index in [1.54, 1.807) is 4.90 Å². The van der Waals surface area contributed by atoms with Crippen molar-refractivity contribution in [3.63, 3.8) is 0 Å². The topological polar surface area (TPSA) is 65.8 Å². The second kappa shape index (κ2) is 5.94. The number of nitrogens with one attached hydrogen (secondary N) is 1. The summed E-state index contributed by atoms with van der Waals surface area (Å²) in [6, 6.07) is 7.45. The maximum atomic E-state index is 12.9. The molecule has 1 saturated carbocycles. The number of para-hydroxylation sites is 1. The van der Waals surface area contributed by atoms with E-state index in [4.69, 9.17) is 4.42 Å². The maximum absolute atomic E-state index is 12.9. The van der Waals surface area contributed by atoms with Crippen molar-refractivity contribution in [2.45, 2.75) is 12.8 Å². The van der Waals surface area contributed by atoms with Crippen molar-refractivity contribution in [1.29, 1.82) is 0 Å². The van der Waals surface area contributed by atoms with Crippen LogP contribution in [0.25, 0.3) is 11.0 Å². The van der Waals surface area contributed by atoms with E-state index in [1.165, 1.54) is 0 Å². The fourth-order valence-electron chi connectivity index (χ4n) is 3.04. The van der Waals surface area contributed by atoms with E-state index in [2.05, 4.69) is 10.2 Å². The van der Waals surface area contributed by atoms with E-state index >= 15 is 0 Å². The van der Waals surface area contributed by atoms with Gasteiger partial charge in [0.15, 0.2) is 0 Å². The SMILES string of the molecule is CN1CCN(C(=O)c2oc3ccccc3c2NC(=O)C2CC2)CC1. The average Bonchev–Trinajstić information content (AvgIpc) is 3.38. The third-order valence-corrected chi connectivity index (χ3v) is 4.78. The number of nitrogens with zero attached hydrogens (tertiary/aromatic N) is 2. The van der Waals surface area contributed by atoms with Crippen LogP contribution in [-0.4, -0.2) is 54.8 Å². The Morgan fingerprint density at radius 3 is 2.54 bits per heavy atom. The number of carbonyl (C=O) groups is 2. The lowest BCUT2D eigenvalue weighted by Gasteiger charge is -2.32. The van der Waals surface area contributed by atoms with Crippen LogP contribution < -0.4 is 5.32 Å². The Hall–Kier alpha value is -2.34. The molecule has 1 N–H and O–H groups in total. The van der Waals surface area contributed by atoms with Crippen molar-refractivity contribution < 1.29 is 14.0 Å². The molecule has 126 valence electrons. The van der Waals surface area contributed by atoms with Crippen LogP contribution in [0.2, 0.25) is 0 Å². The van der Waals surface area contributed by atoms with Gasteiger partial charge in [0.05, 0.1) is 0 Å². The van der Waals surface area contributed by atoms with Gasteiger partial charge in [-0.25, -0.2) is 0 Å². The summed E-state index contributed by atoms with van der Waals surface area (Å²) in [5.41, 5.74) is 1.15. The Balaban J connectivity index is 1.68. The zero-order valence-electron chi connectivity index (χ0n) is 13.7. The van der Waals surface area contributed by atoms with E-state index in [0.717, 1.165) is 31.3 Å². The van der Waals surface area contributed by atoms with Gasteiger partial charge in [0.1, 0.15) is 11.3 Å². The lowest BCUT2D eigenvalue weighted by Crippen LogP contribution is -2.47. The molecule has 0 unspecified atom stereocenters. The van der Waals surface area contributed by atoms with E-state index < -0.39 is 0 Å². The van der Waals surface area contributed by atoms with E-state index in [0.29, 0.717) is 24.4 Å². The first kappa shape index (κ1) is 15.2. The van der Waals surface area contributed by atoms with Gasteiger partial charge >= 0.3 is 0 Å². The third kappa shape index (κ3) is 2.78. The quantitative estimate of drug-likeness (QED) is 0.938. The Bertz CT molecular complexity index is 786. The van der Waals surface area contributed by atoms with E-state index in [1.807, 2.05) is 31.3 Å². The highest BCUT2D eigenvalue weighted by atomic mass is 16.3. The van der Waals surface area contributed by atoms with Crippen molar-refractivity contribution in [1.82, 2.24) is 9.80 Å². The Labute approximate surface area is 140 Å². The Morgan fingerprint density at radius 2 is 1.83 bits per heavy atom. The van der Waals surface area contributed by atoms with Crippen molar-refractivity contribution in [2.24, 2.45) is 5.92 Å². The normalized spacial score (nSPS) is 18.8. The van der Waals surface area contributed by atoms with Gasteiger partial charge in [0, 0.05) is 37.5 Å². The molecule has 2 heterocycles. The van der Waals surface area contributed by atoms with Crippen LogP contribution in [-0.2, 0) is 4.79 Å². The molecule has 1 aliphatic carbocycles. The van der Waals surface area contributed by atoms with Crippen LogP contribution in [0.5, 0.6) is 0 Å². The number of furan rings is 1. The van der Waals surface area contributed by atoms with Gasteiger partial charge in [0.25, 0.3) is 5.91 Å². The minimum Gasteiger partial charge on any atom is -0.449 e. The first-order valence-electron chi connectivity index (χ1n) is 8.43. The molecule has 2 aromatic rings. The number of fused-ring (bicyclic) bond motifs is 1. The summed E-state index contributed by atoms with van der Waals surface area (Å²) < 4.78 is 5.82. The van der Waals surface area contributed by atoms with Crippen LogP contribution in [0.15, 0.2) is 28.7 Å². The van der Waals surface area contributed by atoms with Gasteiger partial charge < -0.3 is 19.5 Å². The Morgan fingerprint density at radius 1 is 1.12 bits per heavy atom. The van der Waals surface area contributed by atoms with E-state index in [9.17, 15) is 9.59 Å². The molecule has 0 atom stereocenters. The summed E-state index contributed by atoms with van der Waals surface area (Å²) >= 11 is 0. The van der Waals surface area contributed by atoms with Gasteiger partial charge in [0.2, 0.25) is 11.7 Å². The molecule has 2 amide bonds. The summed E-state index contributed by atoms with van der Waals surface area (Å²) in [6.45, 7) is 3.02. The summed E-state index contributed by atoms with van der Waals surface area (Å²) in [7, 11) is 2.05. The number of anilines is 1. The molecule has 1 aromatic heterocycles. The first-order chi connectivity index (χ1) is 11.6. The summed E-state index contributed by atoms with van der Waals surface area (Å²) in [5, 5.41) is 3.72. The first-order valence-corrected chi connectivity index (χ1v) is 8.43. The molecular formula is C18H21N3O3. The monoisotopic (exact) mass is 327 g/mol. The number of carbonyl (C=O) groups excluding carboxylic acids is 2. The molecular weight excluding hydrogens is 306 g/mol. The highest BCUT2D eigenvalue weighted by molar-refractivity contribution is 6.11. The maximum Gasteiger partial charge on any atom is 0.291 e. The highest BCUT2D eigenvalue weighted by Gasteiger charge is 2.33.